The summed E-state index contributed by atoms with van der Waals surface area (Å²) in [5.41, 5.74) is 0. The first-order chi connectivity index (χ1) is 2.41. The number of hydrogen-bond donors (Lipinski definition) is 1. The Balaban J connectivity index is 2.92. The van der Waals surface area contributed by atoms with E-state index in [0.29, 0.717) is 7.27 Å². The van der Waals surface area contributed by atoms with Crippen molar-refractivity contribution in [3.05, 3.63) is 0 Å². The normalized spacial score (nSPS) is 7.20. The van der Waals surface area contributed by atoms with E-state index in [1.54, 1.807) is 0 Å². The van der Waals surface area contributed by atoms with Crippen LogP contribution in [0.5, 0.6) is 0 Å². The molecule has 5 heavy (non-hydrogen) atoms. The maximum atomic E-state index is 9.05. The van der Waals surface area contributed by atoms with Gasteiger partial charge in [-0.05, 0) is 0 Å². The van der Waals surface area contributed by atoms with E-state index in [9.17, 15) is 0 Å². The Bertz CT molecular complexity index is 51.6. The number of amides is 1. The second kappa shape index (κ2) is 3.33. The zero-order valence-corrected chi connectivity index (χ0v) is 2.46. The monoisotopic (exact) mass is 71.0 g/mol. The Hall–Kier alpha value is -0.665. The van der Waals surface area contributed by atoms with E-state index in [0.717, 1.165) is 0 Å². The molecule has 4 heteroatoms. The van der Waals surface area contributed by atoms with E-state index in [2.05, 4.69) is 4.90 Å². The van der Waals surface area contributed by atoms with Crippen molar-refractivity contribution in [3.8, 4) is 0 Å². The molecule has 0 aliphatic rings. The molecule has 0 fully saturated rings. The molecule has 0 saturated carbocycles. The summed E-state index contributed by atoms with van der Waals surface area (Å²) in [5.74, 6) is 0. The van der Waals surface area contributed by atoms with Crippen LogP contribution in [0, 0.1) is 0 Å². The number of carbonyl (C=O) groups excluding carboxylic acids is 1. The van der Waals surface area contributed by atoms with Gasteiger partial charge in [0.15, 0.2) is 0 Å². The average molecular weight is 70.8 g/mol. The third kappa shape index (κ3) is 3.33. The molecule has 0 aliphatic heterocycles. The molecule has 0 aliphatic carbocycles. The zero-order chi connectivity index (χ0) is 4.12. The van der Waals surface area contributed by atoms with Crippen molar-refractivity contribution in [3.63, 3.8) is 0 Å². The van der Waals surface area contributed by atoms with Crippen LogP contribution in [-0.4, -0.2) is 18.7 Å². The van der Waals surface area contributed by atoms with Gasteiger partial charge in [-0.1, -0.05) is 0 Å². The molecule has 0 aromatic heterocycles. The van der Waals surface area contributed by atoms with E-state index < -0.39 is 0 Å². The predicted molar refractivity (Wildman–Crippen MR) is 16.5 cm³/mol. The van der Waals surface area contributed by atoms with Gasteiger partial charge in [-0.25, -0.2) is 0 Å². The predicted octanol–water partition coefficient (Wildman–Crippen LogP) is -1.06. The van der Waals surface area contributed by atoms with Crippen LogP contribution in [0.3, 0.4) is 0 Å². The van der Waals surface area contributed by atoms with E-state index >= 15 is 0 Å². The average Bonchev–Trinajstić information content (AvgIpc) is 1.41. The van der Waals surface area contributed by atoms with Crippen molar-refractivity contribution in [2.24, 2.45) is 4.90 Å². The van der Waals surface area contributed by atoms with Crippen molar-refractivity contribution in [2.75, 3.05) is 0 Å². The van der Waals surface area contributed by atoms with Gasteiger partial charge in [-0.2, -0.15) is 0 Å². The topological polar surface area (TPSA) is 49.7 Å². The van der Waals surface area contributed by atoms with Gasteiger partial charge >= 0.3 is 28.4 Å². The minimum atomic E-state index is 0.250. The zero-order valence-electron chi connectivity index (χ0n) is 2.46. The maximum absolute atomic E-state index is 9.05. The van der Waals surface area contributed by atoms with Crippen molar-refractivity contribution in [1.82, 2.24) is 0 Å². The second-order valence-corrected chi connectivity index (χ2v) is 0.370. The van der Waals surface area contributed by atoms with Gasteiger partial charge in [0, 0.05) is 0 Å². The molecule has 0 radical (unpaired) electrons. The second-order valence-electron chi connectivity index (χ2n) is 0.370. The van der Waals surface area contributed by atoms with Crippen LogP contribution in [0.1, 0.15) is 0 Å². The summed E-state index contributed by atoms with van der Waals surface area (Å²) in [6.07, 6.45) is 0.250. The molecule has 0 saturated heterocycles. The molecule has 0 rings (SSSR count). The van der Waals surface area contributed by atoms with Crippen molar-refractivity contribution in [2.45, 2.75) is 0 Å². The molecular weight excluding hydrogens is 68.8 g/mol. The minimum absolute atomic E-state index is 0.250. The Morgan fingerprint density at radius 2 is 2.60 bits per heavy atom. The summed E-state index contributed by atoms with van der Waals surface area (Å²) < 4.78 is 0. The molecule has 0 heterocycles. The van der Waals surface area contributed by atoms with Crippen LogP contribution in [0.2, 0.25) is 0 Å². The van der Waals surface area contributed by atoms with Crippen LogP contribution in [0.25, 0.3) is 0 Å². The van der Waals surface area contributed by atoms with Gasteiger partial charge in [0.05, 0.1) is 0 Å². The first kappa shape index (κ1) is 4.33. The summed E-state index contributed by atoms with van der Waals surface area (Å²) in [4.78, 5) is 11.8. The molecule has 26 valence electrons. The van der Waals surface area contributed by atoms with E-state index in [4.69, 9.17) is 9.82 Å². The van der Waals surface area contributed by atoms with Gasteiger partial charge in [0.1, 0.15) is 0 Å². The molecule has 0 atom stereocenters. The Labute approximate surface area is 29.6 Å². The van der Waals surface area contributed by atoms with Gasteiger partial charge in [-0.3, -0.25) is 0 Å². The van der Waals surface area contributed by atoms with Crippen LogP contribution in [0.4, 0.5) is 0 Å². The summed E-state index contributed by atoms with van der Waals surface area (Å²) in [6.45, 7) is 0. The summed E-state index contributed by atoms with van der Waals surface area (Å²) in [6, 6.07) is 0. The van der Waals surface area contributed by atoms with Gasteiger partial charge in [0.25, 0.3) is 0 Å². The number of rotatable bonds is 1. The molecule has 0 bridgehead atoms. The van der Waals surface area contributed by atoms with E-state index in [1.807, 2.05) is 0 Å². The first-order valence-corrected chi connectivity index (χ1v) is 1.01. The third-order valence-electron chi connectivity index (χ3n) is 0.128. The van der Waals surface area contributed by atoms with Gasteiger partial charge < -0.3 is 0 Å². The van der Waals surface area contributed by atoms with Crippen LogP contribution in [0.15, 0.2) is 4.90 Å². The Morgan fingerprint density at radius 1 is 2.00 bits per heavy atom. The van der Waals surface area contributed by atoms with Crippen molar-refractivity contribution in [1.29, 1.82) is 0 Å². The number of hydrogen-bond acceptors (Lipinski definition) is 1. The first-order valence-electron chi connectivity index (χ1n) is 1.01. The fourth-order valence-electron chi connectivity index (χ4n) is 0.0272. The molecule has 0 aromatic rings. The Morgan fingerprint density at radius 3 is 2.60 bits per heavy atom. The van der Waals surface area contributed by atoms with Crippen molar-refractivity contribution >= 4 is 13.7 Å². The Kier molecular flexibility index (Phi) is 2.89. The van der Waals surface area contributed by atoms with E-state index in [1.165, 1.54) is 0 Å². The van der Waals surface area contributed by atoms with Gasteiger partial charge in [0.2, 0.25) is 0 Å². The molecule has 0 unspecified atom stereocenters. The SMILES string of the molecule is O=CN=BO. The number of nitrogens with zero attached hydrogens (tertiary/aromatic N) is 1. The van der Waals surface area contributed by atoms with Crippen LogP contribution in [-0.2, 0) is 4.79 Å². The molecule has 1 amide bonds. The van der Waals surface area contributed by atoms with Gasteiger partial charge in [-0.15, -0.1) is 0 Å². The summed E-state index contributed by atoms with van der Waals surface area (Å²) in [5, 5.41) is 7.54. The standard InChI is InChI=1S/CH2BNO2/c4-1-3-2-5/h1,5H. The van der Waals surface area contributed by atoms with Crippen LogP contribution >= 0.6 is 0 Å². The van der Waals surface area contributed by atoms with E-state index in [-0.39, 0.29) is 6.41 Å². The fraction of sp³-hybridized carbons (Fsp3) is 0. The molecule has 0 spiro atoms. The third-order valence-corrected chi connectivity index (χ3v) is 0.128. The summed E-state index contributed by atoms with van der Waals surface area (Å²) >= 11 is 0. The van der Waals surface area contributed by atoms with Crippen molar-refractivity contribution < 1.29 is 9.82 Å². The molecular formula is CH2BNO2. The number of carbonyl (C=O) groups is 1. The molecule has 0 aromatic carbocycles. The van der Waals surface area contributed by atoms with Crippen LogP contribution < -0.4 is 0 Å². The fourth-order valence-corrected chi connectivity index (χ4v) is 0.0272. The molecule has 1 N–H and O–H groups in total. The molecule has 3 nitrogen and oxygen atoms in total. The summed E-state index contributed by atoms with van der Waals surface area (Å²) in [7, 11) is 0.438. The quantitative estimate of drug-likeness (QED) is 0.316.